The number of unbranched alkanes of at least 4 members (excludes halogenated alkanes) is 1. The number of carbonyl (C=O) groups excluding carboxylic acids is 1. The monoisotopic (exact) mass is 539 g/mol. The van der Waals surface area contributed by atoms with Crippen molar-refractivity contribution in [2.45, 2.75) is 54.2 Å². The lowest BCUT2D eigenvalue weighted by atomic mass is 9.94. The van der Waals surface area contributed by atoms with Crippen molar-refractivity contribution in [2.24, 2.45) is 0 Å². The van der Waals surface area contributed by atoms with Crippen LogP contribution in [0, 0.1) is 11.3 Å². The molecule has 202 valence electrons. The van der Waals surface area contributed by atoms with Crippen LogP contribution in [0.3, 0.4) is 0 Å². The molecule has 1 saturated carbocycles. The lowest BCUT2D eigenvalue weighted by Gasteiger charge is -2.39. The van der Waals surface area contributed by atoms with Gasteiger partial charge in [-0.25, -0.2) is 13.9 Å². The van der Waals surface area contributed by atoms with Gasteiger partial charge in [0.05, 0.1) is 30.3 Å². The van der Waals surface area contributed by atoms with Crippen molar-refractivity contribution in [3.8, 4) is 17.6 Å². The summed E-state index contributed by atoms with van der Waals surface area (Å²) in [5.74, 6) is 0.351. The first-order valence-corrected chi connectivity index (χ1v) is 14.2. The van der Waals surface area contributed by atoms with Crippen LogP contribution in [-0.4, -0.2) is 62.0 Å². The standard InChI is InChI=1S/C28H33N3O6S/c1-36-24-9-5-21(6-10-24)22(20-29)4-2-3-19-37-25-11-13-26(14-12-25)38(34,35)28(27(32)30-33)15-17-31(18-16-28)23-7-8-23/h4-6,9-14,23,33H,2-3,7-8,15-19H2,1H3,(H,30,32)/b22-4+. The first kappa shape index (κ1) is 27.6. The number of nitrogens with zero attached hydrogens (tertiary/aromatic N) is 2. The fourth-order valence-corrected chi connectivity index (χ4v) is 6.82. The van der Waals surface area contributed by atoms with Gasteiger partial charge in [0, 0.05) is 19.1 Å². The largest absolute Gasteiger partial charge is 0.497 e. The molecule has 2 fully saturated rings. The molecule has 4 rings (SSSR count). The molecule has 1 amide bonds. The molecular formula is C28H33N3O6S. The highest BCUT2D eigenvalue weighted by Crippen LogP contribution is 2.39. The number of likely N-dealkylation sites (tertiary alicyclic amines) is 1. The van der Waals surface area contributed by atoms with Gasteiger partial charge in [0.2, 0.25) is 0 Å². The van der Waals surface area contributed by atoms with Crippen LogP contribution in [0.25, 0.3) is 5.57 Å². The molecule has 38 heavy (non-hydrogen) atoms. The van der Waals surface area contributed by atoms with Crippen LogP contribution in [-0.2, 0) is 14.6 Å². The highest BCUT2D eigenvalue weighted by molar-refractivity contribution is 7.93. The van der Waals surface area contributed by atoms with Crippen molar-refractivity contribution in [2.75, 3.05) is 26.8 Å². The van der Waals surface area contributed by atoms with E-state index in [-0.39, 0.29) is 17.7 Å². The summed E-state index contributed by atoms with van der Waals surface area (Å²) in [7, 11) is -2.46. The number of nitriles is 1. The first-order chi connectivity index (χ1) is 18.3. The van der Waals surface area contributed by atoms with E-state index in [4.69, 9.17) is 9.47 Å². The molecule has 0 aromatic heterocycles. The molecule has 1 aliphatic carbocycles. The third-order valence-corrected chi connectivity index (χ3v) is 9.84. The second-order valence-electron chi connectivity index (χ2n) is 9.63. The molecule has 2 aromatic rings. The lowest BCUT2D eigenvalue weighted by molar-refractivity contribution is -0.133. The van der Waals surface area contributed by atoms with Crippen LogP contribution in [0.5, 0.6) is 11.5 Å². The zero-order valence-electron chi connectivity index (χ0n) is 21.4. The number of nitrogens with one attached hydrogen (secondary N) is 1. The van der Waals surface area contributed by atoms with Crippen LogP contribution >= 0.6 is 0 Å². The summed E-state index contributed by atoms with van der Waals surface area (Å²) in [5.41, 5.74) is 2.99. The predicted molar refractivity (Wildman–Crippen MR) is 141 cm³/mol. The maximum absolute atomic E-state index is 13.6. The van der Waals surface area contributed by atoms with Gasteiger partial charge in [0.1, 0.15) is 11.5 Å². The third kappa shape index (κ3) is 5.85. The zero-order chi connectivity index (χ0) is 27.2. The molecule has 0 spiro atoms. The van der Waals surface area contributed by atoms with Crippen molar-refractivity contribution in [3.63, 3.8) is 0 Å². The van der Waals surface area contributed by atoms with Gasteiger partial charge >= 0.3 is 0 Å². The molecule has 0 radical (unpaired) electrons. The second-order valence-corrected chi connectivity index (χ2v) is 11.9. The Labute approximate surface area is 223 Å². The summed E-state index contributed by atoms with van der Waals surface area (Å²) in [6.07, 6.45) is 5.63. The molecule has 10 heteroatoms. The fourth-order valence-electron chi connectivity index (χ4n) is 4.87. The van der Waals surface area contributed by atoms with Crippen molar-refractivity contribution in [3.05, 3.63) is 60.2 Å². The lowest BCUT2D eigenvalue weighted by Crippen LogP contribution is -2.58. The molecule has 9 nitrogen and oxygen atoms in total. The van der Waals surface area contributed by atoms with Crippen LogP contribution in [0.1, 0.15) is 44.1 Å². The van der Waals surface area contributed by atoms with E-state index < -0.39 is 20.5 Å². The summed E-state index contributed by atoms with van der Waals surface area (Å²) in [4.78, 5) is 14.9. The van der Waals surface area contributed by atoms with Gasteiger partial charge in [-0.05, 0) is 92.6 Å². The zero-order valence-corrected chi connectivity index (χ0v) is 22.2. The summed E-state index contributed by atoms with van der Waals surface area (Å²) in [6, 6.07) is 16.0. The quantitative estimate of drug-likeness (QED) is 0.191. The van der Waals surface area contributed by atoms with E-state index in [9.17, 15) is 23.7 Å². The minimum absolute atomic E-state index is 0.0226. The molecule has 0 unspecified atom stereocenters. The number of hydroxylamine groups is 1. The number of sulfone groups is 1. The molecule has 1 aliphatic heterocycles. The van der Waals surface area contributed by atoms with Crippen molar-refractivity contribution >= 4 is 21.3 Å². The smallest absolute Gasteiger partial charge is 0.265 e. The Morgan fingerprint density at radius 1 is 1.13 bits per heavy atom. The summed E-state index contributed by atoms with van der Waals surface area (Å²) < 4.78 is 36.4. The molecule has 0 atom stereocenters. The first-order valence-electron chi connectivity index (χ1n) is 12.8. The van der Waals surface area contributed by atoms with Crippen molar-refractivity contribution in [1.29, 1.82) is 5.26 Å². The molecule has 1 saturated heterocycles. The molecule has 2 aromatic carbocycles. The van der Waals surface area contributed by atoms with Gasteiger partial charge in [-0.1, -0.05) is 6.08 Å². The number of carbonyl (C=O) groups is 1. The van der Waals surface area contributed by atoms with Gasteiger partial charge in [0.25, 0.3) is 5.91 Å². The average molecular weight is 540 g/mol. The van der Waals surface area contributed by atoms with Gasteiger partial charge in [-0.15, -0.1) is 0 Å². The van der Waals surface area contributed by atoms with E-state index in [1.165, 1.54) is 12.1 Å². The third-order valence-electron chi connectivity index (χ3n) is 7.32. The number of benzene rings is 2. The van der Waals surface area contributed by atoms with Crippen molar-refractivity contribution in [1.82, 2.24) is 10.4 Å². The Hall–Kier alpha value is -3.39. The van der Waals surface area contributed by atoms with Gasteiger partial charge in [-0.2, -0.15) is 5.26 Å². The van der Waals surface area contributed by atoms with Gasteiger partial charge < -0.3 is 14.4 Å². The number of ether oxygens (including phenoxy) is 2. The maximum atomic E-state index is 13.6. The Morgan fingerprint density at radius 3 is 2.32 bits per heavy atom. The SMILES string of the molecule is COc1ccc(/C(C#N)=C/CCCOc2ccc(S(=O)(=O)C3(C(=O)NO)CCN(C4CC4)CC3)cc2)cc1. The normalized spacial score (nSPS) is 17.9. The van der Waals surface area contributed by atoms with Crippen molar-refractivity contribution < 1.29 is 27.9 Å². The van der Waals surface area contributed by atoms with E-state index >= 15 is 0 Å². The minimum atomic E-state index is -4.05. The minimum Gasteiger partial charge on any atom is -0.497 e. The number of methoxy groups -OCH3 is 1. The molecule has 2 N–H and O–H groups in total. The van der Waals surface area contributed by atoms with E-state index in [0.717, 1.165) is 24.2 Å². The summed E-state index contributed by atoms with van der Waals surface area (Å²) in [5, 5.41) is 18.8. The van der Waals surface area contributed by atoms with Gasteiger partial charge in [-0.3, -0.25) is 10.0 Å². The highest BCUT2D eigenvalue weighted by atomic mass is 32.2. The van der Waals surface area contributed by atoms with Gasteiger partial charge in [0.15, 0.2) is 14.6 Å². The molecule has 0 bridgehead atoms. The van der Waals surface area contributed by atoms with E-state index in [1.54, 1.807) is 24.7 Å². The Balaban J connectivity index is 1.34. The Bertz CT molecular complexity index is 1290. The van der Waals surface area contributed by atoms with Crippen LogP contribution in [0.4, 0.5) is 0 Å². The number of amides is 1. The predicted octanol–water partition coefficient (Wildman–Crippen LogP) is 3.74. The molecule has 1 heterocycles. The highest BCUT2D eigenvalue weighted by Gasteiger charge is 2.53. The number of allylic oxidation sites excluding steroid dienone is 2. The fraction of sp³-hybridized carbons (Fsp3) is 0.429. The van der Waals surface area contributed by atoms with E-state index in [2.05, 4.69) is 11.0 Å². The molecule has 2 aliphatic rings. The van der Waals surface area contributed by atoms with Crippen LogP contribution in [0.15, 0.2) is 59.5 Å². The summed E-state index contributed by atoms with van der Waals surface area (Å²) >= 11 is 0. The topological polar surface area (TPSA) is 129 Å². The van der Waals surface area contributed by atoms with E-state index in [1.807, 2.05) is 30.3 Å². The van der Waals surface area contributed by atoms with Crippen LogP contribution < -0.4 is 15.0 Å². The number of hydrogen-bond acceptors (Lipinski definition) is 8. The Kier molecular flexibility index (Phi) is 8.72. The molecular weight excluding hydrogens is 506 g/mol. The Morgan fingerprint density at radius 2 is 1.76 bits per heavy atom. The second kappa shape index (κ2) is 12.0. The number of hydrogen-bond donors (Lipinski definition) is 2. The maximum Gasteiger partial charge on any atom is 0.265 e. The number of rotatable bonds is 11. The van der Waals surface area contributed by atoms with Crippen LogP contribution in [0.2, 0.25) is 0 Å². The average Bonchev–Trinajstić information content (AvgIpc) is 3.80. The number of piperidine rings is 1. The summed E-state index contributed by atoms with van der Waals surface area (Å²) in [6.45, 7) is 1.38. The van der Waals surface area contributed by atoms with E-state index in [0.29, 0.717) is 49.9 Å².